The molecular formula is C18H25NO5. The van der Waals surface area contributed by atoms with Gasteiger partial charge in [0.05, 0.1) is 13.2 Å². The van der Waals surface area contributed by atoms with Gasteiger partial charge in [-0.25, -0.2) is 0 Å². The minimum atomic E-state index is -0.869. The van der Waals surface area contributed by atoms with Crippen molar-refractivity contribution in [1.82, 2.24) is 5.32 Å². The van der Waals surface area contributed by atoms with E-state index in [9.17, 15) is 9.59 Å². The molecule has 1 unspecified atom stereocenters. The number of hydrogen-bond donors (Lipinski definition) is 2. The van der Waals surface area contributed by atoms with E-state index < -0.39 is 5.97 Å². The molecule has 6 heteroatoms. The lowest BCUT2D eigenvalue weighted by Gasteiger charge is -2.17. The molecule has 1 aromatic carbocycles. The van der Waals surface area contributed by atoms with Crippen molar-refractivity contribution in [3.63, 3.8) is 0 Å². The number of aliphatic carboxylic acids is 1. The topological polar surface area (TPSA) is 84.9 Å². The quantitative estimate of drug-likeness (QED) is 0.763. The van der Waals surface area contributed by atoms with Gasteiger partial charge in [-0.05, 0) is 49.8 Å². The van der Waals surface area contributed by atoms with E-state index in [1.807, 2.05) is 0 Å². The predicted octanol–water partition coefficient (Wildman–Crippen LogP) is 2.86. The Bertz CT molecular complexity index is 581. The van der Waals surface area contributed by atoms with E-state index in [0.29, 0.717) is 23.6 Å². The van der Waals surface area contributed by atoms with Crippen molar-refractivity contribution in [2.45, 2.75) is 45.1 Å². The van der Waals surface area contributed by atoms with Gasteiger partial charge in [-0.2, -0.15) is 0 Å². The first-order valence-corrected chi connectivity index (χ1v) is 8.34. The van der Waals surface area contributed by atoms with Crippen LogP contribution < -0.4 is 14.8 Å². The Morgan fingerprint density at radius 2 is 2.00 bits per heavy atom. The molecule has 1 atom stereocenters. The monoisotopic (exact) mass is 335 g/mol. The number of amides is 1. The molecule has 0 aromatic heterocycles. The fourth-order valence-corrected chi connectivity index (χ4v) is 2.83. The maximum atomic E-state index is 12.2. The Kier molecular flexibility index (Phi) is 6.46. The molecule has 0 bridgehead atoms. The van der Waals surface area contributed by atoms with Crippen molar-refractivity contribution in [3.8, 4) is 11.5 Å². The largest absolute Gasteiger partial charge is 0.493 e. The molecule has 132 valence electrons. The first-order valence-electron chi connectivity index (χ1n) is 8.34. The lowest BCUT2D eigenvalue weighted by molar-refractivity contribution is -0.137. The van der Waals surface area contributed by atoms with Crippen LogP contribution in [0.5, 0.6) is 11.5 Å². The summed E-state index contributed by atoms with van der Waals surface area (Å²) in [6.07, 6.45) is 4.71. The highest BCUT2D eigenvalue weighted by molar-refractivity contribution is 5.94. The molecule has 0 saturated heterocycles. The number of carboxylic acid groups (broad SMARTS) is 1. The third-order valence-corrected chi connectivity index (χ3v) is 4.16. The van der Waals surface area contributed by atoms with Crippen LogP contribution in [0.2, 0.25) is 0 Å². The molecule has 24 heavy (non-hydrogen) atoms. The van der Waals surface area contributed by atoms with Crippen molar-refractivity contribution in [2.24, 2.45) is 5.92 Å². The van der Waals surface area contributed by atoms with Crippen LogP contribution in [0.25, 0.3) is 0 Å². The Morgan fingerprint density at radius 3 is 2.62 bits per heavy atom. The Hall–Kier alpha value is -2.24. The van der Waals surface area contributed by atoms with Gasteiger partial charge in [0.15, 0.2) is 11.5 Å². The van der Waals surface area contributed by atoms with Gasteiger partial charge in [-0.15, -0.1) is 0 Å². The highest BCUT2D eigenvalue weighted by Gasteiger charge is 2.19. The molecule has 1 fully saturated rings. The number of carbonyl (C=O) groups is 2. The number of benzene rings is 1. The highest BCUT2D eigenvalue weighted by Crippen LogP contribution is 2.32. The van der Waals surface area contributed by atoms with Crippen molar-refractivity contribution in [1.29, 1.82) is 0 Å². The molecule has 1 saturated carbocycles. The summed E-state index contributed by atoms with van der Waals surface area (Å²) in [6, 6.07) is 5.11. The Balaban J connectivity index is 1.97. The van der Waals surface area contributed by atoms with Crippen LogP contribution in [0.15, 0.2) is 18.2 Å². The Labute approximate surface area is 142 Å². The minimum absolute atomic E-state index is 0.0256. The number of rotatable bonds is 8. The van der Waals surface area contributed by atoms with Crippen molar-refractivity contribution >= 4 is 11.9 Å². The molecule has 0 spiro atoms. The van der Waals surface area contributed by atoms with Crippen LogP contribution in [0.4, 0.5) is 0 Å². The fraction of sp³-hybridized carbons (Fsp3) is 0.556. The van der Waals surface area contributed by atoms with Crippen molar-refractivity contribution in [3.05, 3.63) is 23.8 Å². The van der Waals surface area contributed by atoms with E-state index in [2.05, 4.69) is 5.32 Å². The fourth-order valence-electron chi connectivity index (χ4n) is 2.83. The molecule has 0 radical (unpaired) electrons. The standard InChI is InChI=1S/C18H25NO5/c1-12(9-17(20)21)11-19-18(22)13-7-8-15(16(10-13)23-2)24-14-5-3-4-6-14/h7-8,10,12,14H,3-6,9,11H2,1-2H3,(H,19,22)(H,20,21). The third kappa shape index (κ3) is 5.15. The van der Waals surface area contributed by atoms with Gasteiger partial charge in [0, 0.05) is 18.5 Å². The molecule has 2 N–H and O–H groups in total. The number of hydrogen-bond acceptors (Lipinski definition) is 4. The van der Waals surface area contributed by atoms with Crippen LogP contribution >= 0.6 is 0 Å². The average Bonchev–Trinajstić information content (AvgIpc) is 3.05. The summed E-state index contributed by atoms with van der Waals surface area (Å²) in [5.74, 6) is -0.0589. The number of carboxylic acids is 1. The molecule has 6 nitrogen and oxygen atoms in total. The van der Waals surface area contributed by atoms with Crippen LogP contribution in [-0.2, 0) is 4.79 Å². The number of carbonyl (C=O) groups excluding carboxylic acids is 1. The van der Waals surface area contributed by atoms with Crippen LogP contribution in [0.1, 0.15) is 49.4 Å². The number of ether oxygens (including phenoxy) is 2. The predicted molar refractivity (Wildman–Crippen MR) is 89.6 cm³/mol. The van der Waals surface area contributed by atoms with Gasteiger partial charge in [0.2, 0.25) is 0 Å². The summed E-state index contributed by atoms with van der Waals surface area (Å²) in [5.41, 5.74) is 0.466. The molecular weight excluding hydrogens is 310 g/mol. The van der Waals surface area contributed by atoms with E-state index in [4.69, 9.17) is 14.6 Å². The maximum Gasteiger partial charge on any atom is 0.303 e. The first-order chi connectivity index (χ1) is 11.5. The summed E-state index contributed by atoms with van der Waals surface area (Å²) in [4.78, 5) is 22.8. The second-order valence-corrected chi connectivity index (χ2v) is 6.30. The zero-order valence-corrected chi connectivity index (χ0v) is 14.2. The van der Waals surface area contributed by atoms with Crippen LogP contribution in [-0.4, -0.2) is 36.7 Å². The zero-order valence-electron chi connectivity index (χ0n) is 14.2. The Morgan fingerprint density at radius 1 is 1.29 bits per heavy atom. The van der Waals surface area contributed by atoms with E-state index in [1.54, 1.807) is 32.2 Å². The number of methoxy groups -OCH3 is 1. The molecule has 1 aliphatic rings. The second kappa shape index (κ2) is 8.57. The second-order valence-electron chi connectivity index (χ2n) is 6.30. The summed E-state index contributed by atoms with van der Waals surface area (Å²) in [5, 5.41) is 11.5. The molecule has 1 aromatic rings. The molecule has 0 aliphatic heterocycles. The van der Waals surface area contributed by atoms with Crippen LogP contribution in [0, 0.1) is 5.92 Å². The summed E-state index contributed by atoms with van der Waals surface area (Å²) in [7, 11) is 1.55. The van der Waals surface area contributed by atoms with Gasteiger partial charge in [0.25, 0.3) is 5.91 Å². The van der Waals surface area contributed by atoms with Crippen molar-refractivity contribution < 1.29 is 24.2 Å². The molecule has 1 aliphatic carbocycles. The first kappa shape index (κ1) is 18.1. The smallest absolute Gasteiger partial charge is 0.303 e. The summed E-state index contributed by atoms with van der Waals surface area (Å²) >= 11 is 0. The van der Waals surface area contributed by atoms with E-state index >= 15 is 0 Å². The maximum absolute atomic E-state index is 12.2. The third-order valence-electron chi connectivity index (χ3n) is 4.16. The highest BCUT2D eigenvalue weighted by atomic mass is 16.5. The van der Waals surface area contributed by atoms with Gasteiger partial charge in [-0.1, -0.05) is 6.92 Å². The van der Waals surface area contributed by atoms with Gasteiger partial charge in [0.1, 0.15) is 0 Å². The molecule has 0 heterocycles. The van der Waals surface area contributed by atoms with Crippen molar-refractivity contribution in [2.75, 3.05) is 13.7 Å². The lowest BCUT2D eigenvalue weighted by atomic mass is 10.1. The van der Waals surface area contributed by atoms with E-state index in [-0.39, 0.29) is 24.3 Å². The van der Waals surface area contributed by atoms with Gasteiger partial charge < -0.3 is 19.9 Å². The normalized spacial score (nSPS) is 15.8. The van der Waals surface area contributed by atoms with E-state index in [1.165, 1.54) is 12.8 Å². The SMILES string of the molecule is COc1cc(C(=O)NCC(C)CC(=O)O)ccc1OC1CCCC1. The summed E-state index contributed by atoms with van der Waals surface area (Å²) in [6.45, 7) is 2.10. The molecule has 1 amide bonds. The van der Waals surface area contributed by atoms with E-state index in [0.717, 1.165) is 12.8 Å². The summed E-state index contributed by atoms with van der Waals surface area (Å²) < 4.78 is 11.3. The average molecular weight is 335 g/mol. The van der Waals surface area contributed by atoms with Crippen LogP contribution in [0.3, 0.4) is 0 Å². The molecule has 2 rings (SSSR count). The van der Waals surface area contributed by atoms with Gasteiger partial charge >= 0.3 is 5.97 Å². The zero-order chi connectivity index (χ0) is 17.5. The lowest BCUT2D eigenvalue weighted by Crippen LogP contribution is -2.29. The number of nitrogens with one attached hydrogen (secondary N) is 1. The van der Waals surface area contributed by atoms with Gasteiger partial charge in [-0.3, -0.25) is 9.59 Å². The minimum Gasteiger partial charge on any atom is -0.493 e.